The summed E-state index contributed by atoms with van der Waals surface area (Å²) in [5, 5.41) is 30.3. The molecule has 0 heterocycles. The summed E-state index contributed by atoms with van der Waals surface area (Å²) in [4.78, 5) is 0. The van der Waals surface area contributed by atoms with Gasteiger partial charge in [-0.2, -0.15) is 13.2 Å². The molecule has 8 heteroatoms. The van der Waals surface area contributed by atoms with Crippen LogP contribution in [0.3, 0.4) is 0 Å². The maximum Gasteiger partial charge on any atom is 0.416 e. The summed E-state index contributed by atoms with van der Waals surface area (Å²) in [6.07, 6.45) is -2.93. The van der Waals surface area contributed by atoms with Crippen LogP contribution in [0.15, 0.2) is 40.6 Å². The molecule has 0 radical (unpaired) electrons. The molecule has 0 aromatic heterocycles. The lowest BCUT2D eigenvalue weighted by Crippen LogP contribution is -2.70. The zero-order valence-electron chi connectivity index (χ0n) is 18.8. The van der Waals surface area contributed by atoms with Crippen molar-refractivity contribution in [2.24, 2.45) is 10.2 Å². The van der Waals surface area contributed by atoms with E-state index >= 15 is 0 Å². The first-order chi connectivity index (χ1) is 14.3. The summed E-state index contributed by atoms with van der Waals surface area (Å²) in [6, 6.07) is 6.41. The predicted octanol–water partition coefficient (Wildman–Crippen LogP) is 6.89. The first-order valence-corrected chi connectivity index (χ1v) is 10.2. The molecule has 0 saturated heterocycles. The average molecular weight is 438 g/mol. The molecule has 0 aliphatic heterocycles. The van der Waals surface area contributed by atoms with Crippen molar-refractivity contribution < 1.29 is 23.8 Å². The fraction of sp³-hybridized carbons (Fsp3) is 0.478. The fourth-order valence-electron chi connectivity index (χ4n) is 3.02. The second-order valence-corrected chi connectivity index (χ2v) is 8.96. The van der Waals surface area contributed by atoms with E-state index in [-0.39, 0.29) is 33.6 Å². The van der Waals surface area contributed by atoms with E-state index in [0.717, 1.165) is 42.2 Å². The highest BCUT2D eigenvalue weighted by Crippen LogP contribution is 2.44. The van der Waals surface area contributed by atoms with Gasteiger partial charge in [0.05, 0.1) is 5.56 Å². The zero-order valence-corrected chi connectivity index (χ0v) is 18.8. The minimum Gasteiger partial charge on any atom is -0.630 e. The Morgan fingerprint density at radius 2 is 1.45 bits per heavy atom. The molecule has 5 nitrogen and oxygen atoms in total. The summed E-state index contributed by atoms with van der Waals surface area (Å²) in [7, 11) is 0. The van der Waals surface area contributed by atoms with Crippen LogP contribution in [0.2, 0.25) is 0 Å². The van der Waals surface area contributed by atoms with Gasteiger partial charge in [-0.1, -0.05) is 47.6 Å². The molecule has 2 aromatic rings. The van der Waals surface area contributed by atoms with Crippen LogP contribution in [-0.2, 0) is 17.0 Å². The highest BCUT2D eigenvalue weighted by molar-refractivity contribution is 5.62. The van der Waals surface area contributed by atoms with Crippen LogP contribution in [0.1, 0.15) is 71.1 Å². The van der Waals surface area contributed by atoms with Crippen molar-refractivity contribution in [3.05, 3.63) is 52.2 Å². The second kappa shape index (κ2) is 8.96. The standard InChI is InChI=1S/C23H30F3N3O2/c1-7-21(3,4)15-11-16(22(5,6)8-2)20(30)19(13-15)28-27-17-10-9-14(23(24,25)26)12-18(17)29-31/h9-13,30H,7-8,29H2,1-6H3. The largest absolute Gasteiger partial charge is 0.630 e. The normalized spacial score (nSPS) is 13.2. The van der Waals surface area contributed by atoms with Crippen LogP contribution in [-0.4, -0.2) is 5.11 Å². The molecule has 2 rings (SSSR count). The van der Waals surface area contributed by atoms with Crippen molar-refractivity contribution in [3.8, 4) is 5.75 Å². The monoisotopic (exact) mass is 437 g/mol. The molecule has 0 unspecified atom stereocenters. The molecule has 2 aromatic carbocycles. The van der Waals surface area contributed by atoms with E-state index < -0.39 is 11.7 Å². The molecule has 0 aliphatic rings. The lowest BCUT2D eigenvalue weighted by atomic mass is 9.76. The molecule has 0 fully saturated rings. The Morgan fingerprint density at radius 3 is 1.97 bits per heavy atom. The third-order valence-electron chi connectivity index (χ3n) is 6.12. The van der Waals surface area contributed by atoms with Crippen molar-refractivity contribution >= 4 is 17.1 Å². The maximum absolute atomic E-state index is 12.9. The number of nitrogens with two attached hydrogens (primary N) is 1. The number of halogens is 3. The molecule has 3 N–H and O–H groups in total. The first-order valence-electron chi connectivity index (χ1n) is 10.2. The highest BCUT2D eigenvalue weighted by atomic mass is 19.4. The van der Waals surface area contributed by atoms with Crippen molar-refractivity contribution in [2.75, 3.05) is 0 Å². The topological polar surface area (TPSA) is 84.6 Å². The van der Waals surface area contributed by atoms with E-state index in [1.165, 1.54) is 0 Å². The number of quaternary nitrogens is 1. The van der Waals surface area contributed by atoms with Gasteiger partial charge in [-0.3, -0.25) is 0 Å². The van der Waals surface area contributed by atoms with E-state index in [4.69, 9.17) is 0 Å². The Labute approximate surface area is 181 Å². The van der Waals surface area contributed by atoms with E-state index in [1.807, 2.05) is 26.8 Å². The number of phenols is 1. The number of hydrogen-bond donors (Lipinski definition) is 2. The molecule has 0 spiro atoms. The Bertz CT molecular complexity index is 967. The van der Waals surface area contributed by atoms with E-state index in [1.54, 1.807) is 6.07 Å². The Kier molecular flexibility index (Phi) is 7.17. The van der Waals surface area contributed by atoms with Crippen LogP contribution in [0.25, 0.3) is 0 Å². The Hall–Kier alpha value is -2.45. The van der Waals surface area contributed by atoms with Crippen molar-refractivity contribution in [1.82, 2.24) is 0 Å². The van der Waals surface area contributed by atoms with Gasteiger partial charge in [0, 0.05) is 11.6 Å². The van der Waals surface area contributed by atoms with Crippen LogP contribution in [0.4, 0.5) is 30.2 Å². The second-order valence-electron chi connectivity index (χ2n) is 8.96. The van der Waals surface area contributed by atoms with Crippen LogP contribution in [0.5, 0.6) is 5.75 Å². The van der Waals surface area contributed by atoms with Gasteiger partial charge in [0.25, 0.3) is 0 Å². The number of azo groups is 1. The third kappa shape index (κ3) is 5.43. The molecule has 31 heavy (non-hydrogen) atoms. The van der Waals surface area contributed by atoms with Gasteiger partial charge in [-0.05, 0) is 47.4 Å². The SMILES string of the molecule is CCC(C)(C)c1cc(N=Nc2ccc(C(F)(F)F)cc2[NH2+][O-])c(O)c(C(C)(C)CC)c1. The maximum atomic E-state index is 12.9. The van der Waals surface area contributed by atoms with E-state index in [9.17, 15) is 23.5 Å². The summed E-state index contributed by atoms with van der Waals surface area (Å²) in [6.45, 7) is 12.3. The van der Waals surface area contributed by atoms with Gasteiger partial charge >= 0.3 is 6.18 Å². The summed E-state index contributed by atoms with van der Waals surface area (Å²) >= 11 is 0. The third-order valence-corrected chi connectivity index (χ3v) is 6.12. The number of aromatic hydroxyl groups is 1. The van der Waals surface area contributed by atoms with Gasteiger partial charge in [0.15, 0.2) is 5.69 Å². The van der Waals surface area contributed by atoms with Gasteiger partial charge in [0.1, 0.15) is 17.1 Å². The van der Waals surface area contributed by atoms with Crippen molar-refractivity contribution in [2.45, 2.75) is 71.4 Å². The fourth-order valence-corrected chi connectivity index (χ4v) is 3.02. The number of rotatable bonds is 7. The Balaban J connectivity index is 2.62. The molecule has 0 aliphatic carbocycles. The molecule has 0 atom stereocenters. The number of nitrogens with zero attached hydrogens (tertiary/aromatic N) is 2. The molecular formula is C23H30F3N3O2. The average Bonchev–Trinajstić information content (AvgIpc) is 2.71. The molecule has 0 amide bonds. The Morgan fingerprint density at radius 1 is 0.871 bits per heavy atom. The zero-order chi connectivity index (χ0) is 23.6. The van der Waals surface area contributed by atoms with Gasteiger partial charge in [-0.15, -0.1) is 10.2 Å². The number of hydrogen-bond acceptors (Lipinski definition) is 4. The minimum atomic E-state index is -4.56. The summed E-state index contributed by atoms with van der Waals surface area (Å²) in [5.74, 6) is -0.0224. The number of alkyl halides is 3. The molecule has 0 bridgehead atoms. The highest BCUT2D eigenvalue weighted by Gasteiger charge is 2.32. The van der Waals surface area contributed by atoms with Crippen LogP contribution < -0.4 is 5.48 Å². The lowest BCUT2D eigenvalue weighted by Gasteiger charge is -2.30. The minimum absolute atomic E-state index is 0.00106. The first kappa shape index (κ1) is 24.8. The van der Waals surface area contributed by atoms with Gasteiger partial charge in [-0.25, -0.2) is 0 Å². The molecular weight excluding hydrogens is 407 g/mol. The van der Waals surface area contributed by atoms with Crippen LogP contribution in [0, 0.1) is 5.21 Å². The van der Waals surface area contributed by atoms with E-state index in [0.29, 0.717) is 5.48 Å². The molecule has 170 valence electrons. The lowest BCUT2D eigenvalue weighted by molar-refractivity contribution is -0.496. The number of phenolic OH excluding ortho intramolecular Hbond substituents is 1. The van der Waals surface area contributed by atoms with Crippen LogP contribution >= 0.6 is 0 Å². The quantitative estimate of drug-likeness (QED) is 0.281. The van der Waals surface area contributed by atoms with Gasteiger partial charge < -0.3 is 15.8 Å². The molecule has 0 saturated carbocycles. The summed E-state index contributed by atoms with van der Waals surface area (Å²) < 4.78 is 38.7. The van der Waals surface area contributed by atoms with Crippen molar-refractivity contribution in [1.29, 1.82) is 0 Å². The van der Waals surface area contributed by atoms with E-state index in [2.05, 4.69) is 31.0 Å². The van der Waals surface area contributed by atoms with Gasteiger partial charge in [0.2, 0.25) is 0 Å². The smallest absolute Gasteiger partial charge is 0.416 e. The number of benzene rings is 2. The predicted molar refractivity (Wildman–Crippen MR) is 115 cm³/mol. The van der Waals surface area contributed by atoms with Crippen molar-refractivity contribution in [3.63, 3.8) is 0 Å². The summed E-state index contributed by atoms with van der Waals surface area (Å²) in [5.41, 5.74) is 0.562.